The van der Waals surface area contributed by atoms with Crippen molar-refractivity contribution in [1.29, 1.82) is 0 Å². The molecule has 5 heteroatoms. The molecule has 0 aliphatic heterocycles. The summed E-state index contributed by atoms with van der Waals surface area (Å²) in [5.41, 5.74) is 2.97. The van der Waals surface area contributed by atoms with Gasteiger partial charge in [-0.25, -0.2) is 4.98 Å². The Bertz CT molecular complexity index is 729. The van der Waals surface area contributed by atoms with E-state index in [1.165, 1.54) is 5.56 Å². The topological polar surface area (TPSA) is 62.7 Å². The van der Waals surface area contributed by atoms with E-state index in [2.05, 4.69) is 37.7 Å². The Hall–Kier alpha value is -2.95. The normalized spacial score (nSPS) is 10.2. The van der Waals surface area contributed by atoms with Crippen molar-refractivity contribution >= 4 is 17.5 Å². The van der Waals surface area contributed by atoms with Gasteiger partial charge in [-0.1, -0.05) is 30.3 Å². The molecule has 0 aliphatic carbocycles. The molecule has 5 nitrogen and oxygen atoms in total. The molecule has 2 N–H and O–H groups in total. The van der Waals surface area contributed by atoms with Crippen molar-refractivity contribution < 1.29 is 0 Å². The zero-order valence-electron chi connectivity index (χ0n) is 12.3. The molecule has 0 radical (unpaired) electrons. The van der Waals surface area contributed by atoms with Crippen LogP contribution in [0, 0.1) is 6.92 Å². The van der Waals surface area contributed by atoms with Gasteiger partial charge >= 0.3 is 0 Å². The van der Waals surface area contributed by atoms with Crippen LogP contribution < -0.4 is 10.6 Å². The summed E-state index contributed by atoms with van der Waals surface area (Å²) in [6.07, 6.45) is 3.47. The van der Waals surface area contributed by atoms with E-state index < -0.39 is 0 Å². The predicted octanol–water partition coefficient (Wildman–Crippen LogP) is 3.54. The Balaban J connectivity index is 1.72. The van der Waals surface area contributed by atoms with E-state index in [9.17, 15) is 0 Å². The van der Waals surface area contributed by atoms with Crippen LogP contribution in [0.5, 0.6) is 0 Å². The lowest BCUT2D eigenvalue weighted by molar-refractivity contribution is 1.06. The highest BCUT2D eigenvalue weighted by Gasteiger charge is 2.03. The Kier molecular flexibility index (Phi) is 4.25. The van der Waals surface area contributed by atoms with Crippen LogP contribution in [-0.4, -0.2) is 15.0 Å². The lowest BCUT2D eigenvalue weighted by atomic mass is 10.2. The fourth-order valence-corrected chi connectivity index (χ4v) is 2.07. The summed E-state index contributed by atoms with van der Waals surface area (Å²) in [5, 5.41) is 6.48. The maximum atomic E-state index is 4.48. The zero-order valence-corrected chi connectivity index (χ0v) is 12.3. The van der Waals surface area contributed by atoms with Crippen molar-refractivity contribution in [2.75, 3.05) is 10.6 Å². The van der Waals surface area contributed by atoms with E-state index >= 15 is 0 Å². The molecule has 2 heterocycles. The van der Waals surface area contributed by atoms with Crippen LogP contribution in [-0.2, 0) is 6.54 Å². The zero-order chi connectivity index (χ0) is 15.2. The van der Waals surface area contributed by atoms with Gasteiger partial charge in [-0.3, -0.25) is 4.98 Å². The third-order valence-electron chi connectivity index (χ3n) is 3.09. The number of anilines is 3. The summed E-state index contributed by atoms with van der Waals surface area (Å²) in [7, 11) is 0. The fourth-order valence-electron chi connectivity index (χ4n) is 2.07. The first-order valence-electron chi connectivity index (χ1n) is 7.10. The first kappa shape index (κ1) is 14.0. The van der Waals surface area contributed by atoms with Gasteiger partial charge in [0.05, 0.1) is 11.9 Å². The Morgan fingerprint density at radius 3 is 2.64 bits per heavy atom. The summed E-state index contributed by atoms with van der Waals surface area (Å²) >= 11 is 0. The quantitative estimate of drug-likeness (QED) is 0.753. The number of aromatic nitrogens is 3. The van der Waals surface area contributed by atoms with Crippen LogP contribution in [0.25, 0.3) is 0 Å². The van der Waals surface area contributed by atoms with Crippen LogP contribution in [0.2, 0.25) is 0 Å². The van der Waals surface area contributed by atoms with E-state index in [4.69, 9.17) is 0 Å². The molecule has 2 aromatic heterocycles. The van der Waals surface area contributed by atoms with Crippen molar-refractivity contribution in [3.05, 3.63) is 72.2 Å². The monoisotopic (exact) mass is 291 g/mol. The number of nitrogens with one attached hydrogen (secondary N) is 2. The van der Waals surface area contributed by atoms with Crippen molar-refractivity contribution in [1.82, 2.24) is 15.0 Å². The third kappa shape index (κ3) is 3.79. The standard InChI is InChI=1S/C17H17N5/c1-13-10-16(19-11-14-6-3-2-4-7-14)22-17(20-13)21-15-8-5-9-18-12-15/h2-10,12H,11H2,1H3,(H2,19,20,21,22). The fraction of sp³-hybridized carbons (Fsp3) is 0.118. The average Bonchev–Trinajstić information content (AvgIpc) is 2.54. The third-order valence-corrected chi connectivity index (χ3v) is 3.09. The molecule has 0 saturated heterocycles. The van der Waals surface area contributed by atoms with Gasteiger partial charge in [0.25, 0.3) is 0 Å². The van der Waals surface area contributed by atoms with Crippen LogP contribution in [0.3, 0.4) is 0 Å². The van der Waals surface area contributed by atoms with Gasteiger partial charge in [0, 0.05) is 24.5 Å². The molecule has 0 atom stereocenters. The number of benzene rings is 1. The molecule has 0 fully saturated rings. The first-order valence-corrected chi connectivity index (χ1v) is 7.10. The molecule has 3 aromatic rings. The van der Waals surface area contributed by atoms with E-state index in [1.807, 2.05) is 43.3 Å². The number of rotatable bonds is 5. The summed E-state index contributed by atoms with van der Waals surface area (Å²) in [6.45, 7) is 2.67. The van der Waals surface area contributed by atoms with Gasteiger partial charge in [0.2, 0.25) is 5.95 Å². The number of hydrogen-bond donors (Lipinski definition) is 2. The lowest BCUT2D eigenvalue weighted by Crippen LogP contribution is -2.05. The van der Waals surface area contributed by atoms with Crippen molar-refractivity contribution in [2.24, 2.45) is 0 Å². The van der Waals surface area contributed by atoms with E-state index in [0.717, 1.165) is 23.7 Å². The molecule has 110 valence electrons. The van der Waals surface area contributed by atoms with Gasteiger partial charge in [0.15, 0.2) is 0 Å². The molecule has 0 bridgehead atoms. The number of hydrogen-bond acceptors (Lipinski definition) is 5. The first-order chi connectivity index (χ1) is 10.8. The predicted molar refractivity (Wildman–Crippen MR) is 88.1 cm³/mol. The highest BCUT2D eigenvalue weighted by atomic mass is 15.1. The second-order valence-corrected chi connectivity index (χ2v) is 4.92. The molecule has 22 heavy (non-hydrogen) atoms. The largest absolute Gasteiger partial charge is 0.366 e. The molecule has 0 spiro atoms. The van der Waals surface area contributed by atoms with Crippen LogP contribution in [0.4, 0.5) is 17.5 Å². The van der Waals surface area contributed by atoms with Crippen molar-refractivity contribution in [3.8, 4) is 0 Å². The Morgan fingerprint density at radius 2 is 1.86 bits per heavy atom. The molecule has 0 unspecified atom stereocenters. The molecule has 0 aliphatic rings. The minimum absolute atomic E-state index is 0.559. The summed E-state index contributed by atoms with van der Waals surface area (Å²) in [5.74, 6) is 1.35. The summed E-state index contributed by atoms with van der Waals surface area (Å²) in [6, 6.07) is 15.9. The van der Waals surface area contributed by atoms with Crippen LogP contribution >= 0.6 is 0 Å². The second-order valence-electron chi connectivity index (χ2n) is 4.92. The lowest BCUT2D eigenvalue weighted by Gasteiger charge is -2.10. The number of aryl methyl sites for hydroxylation is 1. The van der Waals surface area contributed by atoms with Gasteiger partial charge in [-0.15, -0.1) is 0 Å². The smallest absolute Gasteiger partial charge is 0.229 e. The average molecular weight is 291 g/mol. The van der Waals surface area contributed by atoms with Gasteiger partial charge in [-0.05, 0) is 24.6 Å². The molecule has 3 rings (SSSR count). The molecular weight excluding hydrogens is 274 g/mol. The Labute approximate surface area is 129 Å². The van der Waals surface area contributed by atoms with Crippen molar-refractivity contribution in [3.63, 3.8) is 0 Å². The highest BCUT2D eigenvalue weighted by Crippen LogP contribution is 2.15. The minimum Gasteiger partial charge on any atom is -0.366 e. The van der Waals surface area contributed by atoms with E-state index in [0.29, 0.717) is 5.95 Å². The second kappa shape index (κ2) is 6.67. The molecule has 0 amide bonds. The van der Waals surface area contributed by atoms with E-state index in [-0.39, 0.29) is 0 Å². The number of nitrogens with zero attached hydrogens (tertiary/aromatic N) is 3. The van der Waals surface area contributed by atoms with E-state index in [1.54, 1.807) is 12.4 Å². The van der Waals surface area contributed by atoms with Crippen LogP contribution in [0.1, 0.15) is 11.3 Å². The summed E-state index contributed by atoms with van der Waals surface area (Å²) in [4.78, 5) is 12.9. The van der Waals surface area contributed by atoms with Crippen LogP contribution in [0.15, 0.2) is 60.9 Å². The molecule has 0 saturated carbocycles. The summed E-state index contributed by atoms with van der Waals surface area (Å²) < 4.78 is 0. The van der Waals surface area contributed by atoms with Gasteiger partial charge < -0.3 is 10.6 Å². The minimum atomic E-state index is 0.559. The molecule has 1 aromatic carbocycles. The maximum absolute atomic E-state index is 4.48. The Morgan fingerprint density at radius 1 is 1.00 bits per heavy atom. The SMILES string of the molecule is Cc1cc(NCc2ccccc2)nc(Nc2cccnc2)n1. The number of pyridine rings is 1. The van der Waals surface area contributed by atoms with Crippen molar-refractivity contribution in [2.45, 2.75) is 13.5 Å². The maximum Gasteiger partial charge on any atom is 0.229 e. The van der Waals surface area contributed by atoms with Gasteiger partial charge in [-0.2, -0.15) is 4.98 Å². The molecular formula is C17H17N5. The highest BCUT2D eigenvalue weighted by molar-refractivity contribution is 5.53. The van der Waals surface area contributed by atoms with Gasteiger partial charge in [0.1, 0.15) is 5.82 Å².